The van der Waals surface area contributed by atoms with Gasteiger partial charge in [-0.3, -0.25) is 0 Å². The van der Waals surface area contributed by atoms with Gasteiger partial charge in [0.2, 0.25) is 11.4 Å². The molecule has 0 aromatic heterocycles. The van der Waals surface area contributed by atoms with E-state index in [0.717, 1.165) is 39.1 Å². The van der Waals surface area contributed by atoms with E-state index < -0.39 is 22.3 Å². The van der Waals surface area contributed by atoms with Gasteiger partial charge in [-0.15, -0.1) is 0 Å². The van der Waals surface area contributed by atoms with Crippen LogP contribution in [0, 0.1) is 4.91 Å². The summed E-state index contributed by atoms with van der Waals surface area (Å²) < 4.78 is 25.8. The molecule has 9 rings (SSSR count). The average molecular weight is 751 g/mol. The molecule has 0 radical (unpaired) electrons. The SMILES string of the molecule is COc1cc([NH+]=O)cc2c1OC1(C=C2)N(Cc2ccc(CN3c4ccccc4C(C)(C)C34C=Cc3cc([NH2+]O)cc(OC)c3O4)cc2)c2ccccc2C1(C)C. The third kappa shape index (κ3) is 4.95. The number of fused-ring (bicyclic) bond motifs is 4. The Labute approximate surface area is 326 Å². The molecule has 4 heterocycles. The molecular formula is C46H46N4O6+2. The van der Waals surface area contributed by atoms with E-state index in [9.17, 15) is 10.1 Å². The molecule has 0 amide bonds. The summed E-state index contributed by atoms with van der Waals surface area (Å²) in [5.41, 5.74) is 8.00. The highest BCUT2D eigenvalue weighted by atomic mass is 16.6. The standard InChI is InChI=1S/C46H44N4O6/c1-43(2)35-11-7-9-13-37(35)49(45(43)21-19-31-23-33(47-51)25-39(53-5)41(31)55-45)27-29-15-17-30(18-16-29)28-50-38-14-10-8-12-36(38)44(3,4)46(50)22-20-32-24-34(48-52)26-40(54-6)42(32)56-46/h7-26,47,51H,27-28H2,1-6H3/p+2. The molecule has 0 fully saturated rings. The Morgan fingerprint density at radius 3 is 1.59 bits per heavy atom. The molecule has 284 valence electrons. The van der Waals surface area contributed by atoms with Crippen LogP contribution < -0.4 is 39.4 Å². The van der Waals surface area contributed by atoms with Gasteiger partial charge < -0.3 is 28.7 Å². The van der Waals surface area contributed by atoms with E-state index >= 15 is 0 Å². The molecule has 5 aromatic carbocycles. The molecule has 10 nitrogen and oxygen atoms in total. The van der Waals surface area contributed by atoms with Gasteiger partial charge in [0.15, 0.2) is 28.7 Å². The number of quaternary nitrogens is 1. The molecule has 0 saturated carbocycles. The number of benzene rings is 5. The minimum Gasteiger partial charge on any atom is -0.493 e. The fourth-order valence-corrected chi connectivity index (χ4v) is 9.33. The molecule has 0 aliphatic carbocycles. The summed E-state index contributed by atoms with van der Waals surface area (Å²) in [5.74, 6) is 2.31. The van der Waals surface area contributed by atoms with Gasteiger partial charge in [-0.2, -0.15) is 5.48 Å². The maximum Gasteiger partial charge on any atom is 0.257 e. The molecule has 4 N–H and O–H groups in total. The summed E-state index contributed by atoms with van der Waals surface area (Å²) in [6, 6.07) is 33.0. The number of ether oxygens (including phenoxy) is 4. The first-order valence-electron chi connectivity index (χ1n) is 18.9. The number of nitrogens with zero attached hydrogens (tertiary/aromatic N) is 2. The molecule has 4 aliphatic rings. The second-order valence-electron chi connectivity index (χ2n) is 16.0. The van der Waals surface area contributed by atoms with Gasteiger partial charge in [0.1, 0.15) is 0 Å². The van der Waals surface area contributed by atoms with E-state index in [-0.39, 0.29) is 0 Å². The molecule has 2 spiro atoms. The maximum absolute atomic E-state index is 11.6. The quantitative estimate of drug-likeness (QED) is 0.115. The fourth-order valence-electron chi connectivity index (χ4n) is 9.33. The van der Waals surface area contributed by atoms with Crippen LogP contribution in [0.2, 0.25) is 0 Å². The van der Waals surface area contributed by atoms with Crippen molar-refractivity contribution in [1.29, 1.82) is 0 Å². The zero-order valence-electron chi connectivity index (χ0n) is 32.4. The smallest absolute Gasteiger partial charge is 0.257 e. The minimum absolute atomic E-state index is 0.411. The monoisotopic (exact) mass is 750 g/mol. The van der Waals surface area contributed by atoms with Gasteiger partial charge >= 0.3 is 0 Å². The summed E-state index contributed by atoms with van der Waals surface area (Å²) in [6.45, 7) is 10.1. The second kappa shape index (κ2) is 12.7. The zero-order valence-corrected chi connectivity index (χ0v) is 32.4. The molecular weight excluding hydrogens is 705 g/mol. The number of hydrogen-bond acceptors (Lipinski definition) is 8. The van der Waals surface area contributed by atoms with E-state index in [2.05, 4.69) is 129 Å². The number of nitroso groups, excluding NO2 is 1. The fraction of sp³-hybridized carbons (Fsp3) is 0.261. The summed E-state index contributed by atoms with van der Waals surface area (Å²) in [7, 11) is 3.22. The second-order valence-corrected chi connectivity index (χ2v) is 16.0. The van der Waals surface area contributed by atoms with Gasteiger partial charge in [-0.1, -0.05) is 60.7 Å². The lowest BCUT2D eigenvalue weighted by molar-refractivity contribution is -0.825. The Balaban J connectivity index is 1.06. The van der Waals surface area contributed by atoms with Crippen LogP contribution in [0.5, 0.6) is 23.0 Å². The Hall–Kier alpha value is -6.10. The average Bonchev–Trinajstić information content (AvgIpc) is 3.51. The van der Waals surface area contributed by atoms with E-state index in [0.29, 0.717) is 47.5 Å². The van der Waals surface area contributed by atoms with Gasteiger partial charge in [-0.25, -0.2) is 5.21 Å². The minimum atomic E-state index is -0.878. The van der Waals surface area contributed by atoms with Crippen molar-refractivity contribution in [3.63, 3.8) is 0 Å². The van der Waals surface area contributed by atoms with Crippen LogP contribution in [0.15, 0.2) is 109 Å². The largest absolute Gasteiger partial charge is 0.493 e. The number of anilines is 2. The van der Waals surface area contributed by atoms with Gasteiger partial charge in [0.05, 0.1) is 31.1 Å². The third-order valence-corrected chi connectivity index (χ3v) is 12.4. The summed E-state index contributed by atoms with van der Waals surface area (Å²) in [4.78, 5) is 16.3. The van der Waals surface area contributed by atoms with Crippen molar-refractivity contribution in [2.24, 2.45) is 0 Å². The molecule has 0 saturated heterocycles. The molecule has 2 atom stereocenters. The van der Waals surface area contributed by atoms with E-state index in [4.69, 9.17) is 18.9 Å². The first kappa shape index (κ1) is 35.6. The molecule has 10 heteroatoms. The predicted molar refractivity (Wildman–Crippen MR) is 216 cm³/mol. The molecule has 2 unspecified atom stereocenters. The number of rotatable bonds is 8. The van der Waals surface area contributed by atoms with Crippen molar-refractivity contribution in [1.82, 2.24) is 0 Å². The van der Waals surface area contributed by atoms with Crippen molar-refractivity contribution in [3.8, 4) is 23.0 Å². The topological polar surface area (TPSA) is 111 Å². The number of nitrogens with two attached hydrogens (primary N) is 1. The first-order chi connectivity index (χ1) is 27.0. The van der Waals surface area contributed by atoms with Crippen molar-refractivity contribution < 1.29 is 34.8 Å². The molecule has 56 heavy (non-hydrogen) atoms. The van der Waals surface area contributed by atoms with Gasteiger partial charge in [-0.05, 0) is 86.4 Å². The van der Waals surface area contributed by atoms with Crippen LogP contribution in [0.4, 0.5) is 22.7 Å². The number of methoxy groups -OCH3 is 2. The van der Waals surface area contributed by atoms with E-state index in [1.54, 1.807) is 32.4 Å². The number of para-hydroxylation sites is 2. The van der Waals surface area contributed by atoms with Crippen LogP contribution in [0.25, 0.3) is 12.2 Å². The Kier molecular flexibility index (Phi) is 8.09. The van der Waals surface area contributed by atoms with Crippen molar-refractivity contribution in [2.75, 3.05) is 24.0 Å². The highest BCUT2D eigenvalue weighted by Crippen LogP contribution is 2.58. The van der Waals surface area contributed by atoms with Crippen molar-refractivity contribution in [3.05, 3.63) is 148 Å². The van der Waals surface area contributed by atoms with Crippen LogP contribution in [0.3, 0.4) is 0 Å². The molecule has 5 aromatic rings. The van der Waals surface area contributed by atoms with Crippen molar-refractivity contribution in [2.45, 2.75) is 63.1 Å². The number of nitrogens with one attached hydrogen (secondary N) is 1. The van der Waals surface area contributed by atoms with Crippen LogP contribution in [-0.2, 0) is 23.9 Å². The van der Waals surface area contributed by atoms with Crippen LogP contribution in [0.1, 0.15) is 61.1 Å². The Morgan fingerprint density at radius 2 is 1.12 bits per heavy atom. The lowest BCUT2D eigenvalue weighted by atomic mass is 9.76. The number of hydrogen-bond donors (Lipinski definition) is 3. The van der Waals surface area contributed by atoms with Crippen molar-refractivity contribution >= 4 is 34.9 Å². The maximum atomic E-state index is 11.6. The Morgan fingerprint density at radius 1 is 0.661 bits per heavy atom. The molecule has 4 aliphatic heterocycles. The third-order valence-electron chi connectivity index (χ3n) is 12.4. The molecule has 0 bridgehead atoms. The van der Waals surface area contributed by atoms with Crippen LogP contribution in [-0.4, -0.2) is 30.9 Å². The van der Waals surface area contributed by atoms with Gasteiger partial charge in [0, 0.05) is 63.9 Å². The first-order valence-corrected chi connectivity index (χ1v) is 18.9. The van der Waals surface area contributed by atoms with Crippen LogP contribution >= 0.6 is 0 Å². The van der Waals surface area contributed by atoms with E-state index in [1.807, 2.05) is 17.3 Å². The summed E-state index contributed by atoms with van der Waals surface area (Å²) in [5, 5.41) is 11.8. The summed E-state index contributed by atoms with van der Waals surface area (Å²) >= 11 is 0. The van der Waals surface area contributed by atoms with E-state index in [1.165, 1.54) is 11.1 Å². The summed E-state index contributed by atoms with van der Waals surface area (Å²) in [6.07, 6.45) is 8.40. The Bertz CT molecular complexity index is 2460. The lowest BCUT2D eigenvalue weighted by Crippen LogP contribution is -2.73. The highest BCUT2D eigenvalue weighted by molar-refractivity contribution is 5.77. The highest BCUT2D eigenvalue weighted by Gasteiger charge is 2.60. The zero-order chi connectivity index (χ0) is 39.0. The lowest BCUT2D eigenvalue weighted by Gasteiger charge is -2.47. The predicted octanol–water partition coefficient (Wildman–Crippen LogP) is 6.97. The van der Waals surface area contributed by atoms with Gasteiger partial charge in [0.25, 0.3) is 5.69 Å². The normalized spacial score (nSPS) is 21.6.